The van der Waals surface area contributed by atoms with Crippen LogP contribution in [0, 0.1) is 0 Å². The number of aliphatic imine (C=N–C) groups is 1. The second kappa shape index (κ2) is 11.2. The van der Waals surface area contributed by atoms with E-state index in [2.05, 4.69) is 69.9 Å². The molecule has 2 aliphatic heterocycles. The maximum atomic E-state index is 5.72. The predicted molar refractivity (Wildman–Crippen MR) is 155 cm³/mol. The zero-order valence-electron chi connectivity index (χ0n) is 22.1. The molecule has 5 heterocycles. The Kier molecular flexibility index (Phi) is 7.20. The van der Waals surface area contributed by atoms with Gasteiger partial charge >= 0.3 is 0 Å². The molecule has 39 heavy (non-hydrogen) atoms. The summed E-state index contributed by atoms with van der Waals surface area (Å²) >= 11 is 0. The summed E-state index contributed by atoms with van der Waals surface area (Å²) in [4.78, 5) is 22.7. The molecule has 1 aromatic carbocycles. The second-order valence-electron chi connectivity index (χ2n) is 9.82. The van der Waals surface area contributed by atoms with Gasteiger partial charge in [0.15, 0.2) is 0 Å². The van der Waals surface area contributed by atoms with Crippen molar-refractivity contribution in [2.75, 3.05) is 56.7 Å². The van der Waals surface area contributed by atoms with Crippen LogP contribution in [0.1, 0.15) is 11.1 Å². The summed E-state index contributed by atoms with van der Waals surface area (Å²) in [6, 6.07) is 15.1. The zero-order valence-corrected chi connectivity index (χ0v) is 22.1. The number of nitrogens with one attached hydrogen (secondary N) is 1. The number of rotatable bonds is 8. The van der Waals surface area contributed by atoms with Crippen LogP contribution in [-0.2, 0) is 11.3 Å². The highest BCUT2D eigenvalue weighted by atomic mass is 16.5. The number of ether oxygens (including phenoxy) is 1. The molecule has 3 N–H and O–H groups in total. The van der Waals surface area contributed by atoms with Gasteiger partial charge in [-0.25, -0.2) is 15.0 Å². The standard InChI is InChI=1S/C29H33N9O/c1-31-16-23(14-30)22-4-2-21(3-5-22)15-32-28-13-26(34-20-35-28)27-17-33-29-12-24(6-7-38(27)29)36-8-10-37(11-9-36)25-18-39-19-25/h2-7,12-14,16-17,20,25H,8-11,15,18-19,30H2,1H3,(H,32,34,35)/b23-14+,31-16?. The predicted octanol–water partition coefficient (Wildman–Crippen LogP) is 2.92. The van der Waals surface area contributed by atoms with Crippen molar-refractivity contribution in [3.8, 4) is 11.4 Å². The van der Waals surface area contributed by atoms with E-state index in [0.29, 0.717) is 12.6 Å². The van der Waals surface area contributed by atoms with E-state index in [1.807, 2.05) is 24.4 Å². The summed E-state index contributed by atoms with van der Waals surface area (Å²) in [7, 11) is 1.73. The van der Waals surface area contributed by atoms with Crippen molar-refractivity contribution >= 4 is 28.9 Å². The molecule has 0 radical (unpaired) electrons. The van der Waals surface area contributed by atoms with Crippen LogP contribution in [0.3, 0.4) is 0 Å². The van der Waals surface area contributed by atoms with E-state index in [1.54, 1.807) is 25.8 Å². The smallest absolute Gasteiger partial charge is 0.139 e. The molecule has 6 rings (SSSR count). The summed E-state index contributed by atoms with van der Waals surface area (Å²) in [6.45, 7) is 6.55. The number of hydrogen-bond acceptors (Lipinski definition) is 9. The van der Waals surface area contributed by atoms with E-state index < -0.39 is 0 Å². The van der Waals surface area contributed by atoms with Gasteiger partial charge in [0.1, 0.15) is 17.8 Å². The number of pyridine rings is 1. The fraction of sp³-hybridized carbons (Fsp3) is 0.310. The van der Waals surface area contributed by atoms with Crippen LogP contribution in [-0.4, -0.2) is 82.9 Å². The third kappa shape index (κ3) is 5.34. The van der Waals surface area contributed by atoms with Gasteiger partial charge in [-0.2, -0.15) is 0 Å². The Balaban J connectivity index is 1.12. The first-order valence-corrected chi connectivity index (χ1v) is 13.3. The van der Waals surface area contributed by atoms with Crippen molar-refractivity contribution in [3.63, 3.8) is 0 Å². The Morgan fingerprint density at radius 3 is 2.62 bits per heavy atom. The van der Waals surface area contributed by atoms with E-state index in [-0.39, 0.29) is 0 Å². The average Bonchev–Trinajstić information content (AvgIpc) is 3.38. The van der Waals surface area contributed by atoms with Crippen LogP contribution < -0.4 is 16.0 Å². The summed E-state index contributed by atoms with van der Waals surface area (Å²) in [5.74, 6) is 0.756. The number of fused-ring (bicyclic) bond motifs is 1. The molecule has 10 nitrogen and oxygen atoms in total. The lowest BCUT2D eigenvalue weighted by Gasteiger charge is -2.43. The second-order valence-corrected chi connectivity index (χ2v) is 9.82. The molecular weight excluding hydrogens is 490 g/mol. The number of allylic oxidation sites excluding steroid dienone is 1. The van der Waals surface area contributed by atoms with Crippen LogP contribution in [0.25, 0.3) is 22.6 Å². The number of anilines is 2. The average molecular weight is 524 g/mol. The molecule has 3 aromatic heterocycles. The largest absolute Gasteiger partial charge is 0.404 e. The van der Waals surface area contributed by atoms with Crippen molar-refractivity contribution in [1.82, 2.24) is 24.3 Å². The molecule has 2 fully saturated rings. The van der Waals surface area contributed by atoms with Gasteiger partial charge in [0.2, 0.25) is 0 Å². The Morgan fingerprint density at radius 2 is 1.90 bits per heavy atom. The quantitative estimate of drug-likeness (QED) is 0.340. The first-order valence-electron chi connectivity index (χ1n) is 13.3. The molecule has 10 heteroatoms. The number of benzene rings is 1. The Morgan fingerprint density at radius 1 is 1.08 bits per heavy atom. The monoisotopic (exact) mass is 523 g/mol. The molecule has 200 valence electrons. The van der Waals surface area contributed by atoms with Crippen LogP contribution in [0.5, 0.6) is 0 Å². The summed E-state index contributed by atoms with van der Waals surface area (Å²) < 4.78 is 7.44. The minimum absolute atomic E-state index is 0.602. The Bertz CT molecular complexity index is 1480. The molecule has 2 saturated heterocycles. The number of imidazole rings is 1. The maximum absolute atomic E-state index is 5.72. The molecule has 0 atom stereocenters. The summed E-state index contributed by atoms with van der Waals surface area (Å²) in [5, 5.41) is 3.41. The molecule has 0 aliphatic carbocycles. The number of piperazine rings is 1. The Labute approximate surface area is 227 Å². The van der Waals surface area contributed by atoms with Gasteiger partial charge in [-0.3, -0.25) is 14.3 Å². The minimum atomic E-state index is 0.602. The van der Waals surface area contributed by atoms with Crippen LogP contribution in [0.15, 0.2) is 72.4 Å². The zero-order chi connectivity index (χ0) is 26.6. The fourth-order valence-electron chi connectivity index (χ4n) is 5.09. The number of nitrogens with two attached hydrogens (primary N) is 1. The fourth-order valence-corrected chi connectivity index (χ4v) is 5.09. The first kappa shape index (κ1) is 25.0. The van der Waals surface area contributed by atoms with Gasteiger partial charge < -0.3 is 20.7 Å². The molecule has 4 aromatic rings. The van der Waals surface area contributed by atoms with Crippen LogP contribution >= 0.6 is 0 Å². The van der Waals surface area contributed by atoms with E-state index >= 15 is 0 Å². The van der Waals surface area contributed by atoms with E-state index in [4.69, 9.17) is 10.5 Å². The van der Waals surface area contributed by atoms with Gasteiger partial charge in [-0.05, 0) is 17.2 Å². The van der Waals surface area contributed by atoms with Crippen molar-refractivity contribution in [2.45, 2.75) is 12.6 Å². The number of aromatic nitrogens is 4. The molecular formula is C29H33N9O. The third-order valence-corrected chi connectivity index (χ3v) is 7.45. The van der Waals surface area contributed by atoms with Crippen LogP contribution in [0.4, 0.5) is 11.5 Å². The number of hydrogen-bond donors (Lipinski definition) is 2. The number of nitrogens with zero attached hydrogens (tertiary/aromatic N) is 7. The summed E-state index contributed by atoms with van der Waals surface area (Å²) in [6.07, 6.45) is 8.87. The lowest BCUT2D eigenvalue weighted by molar-refractivity contribution is -0.0660. The van der Waals surface area contributed by atoms with E-state index in [1.165, 1.54) is 5.69 Å². The molecule has 0 amide bonds. The van der Waals surface area contributed by atoms with Crippen molar-refractivity contribution in [3.05, 3.63) is 78.5 Å². The molecule has 0 unspecified atom stereocenters. The van der Waals surface area contributed by atoms with Crippen molar-refractivity contribution in [1.29, 1.82) is 0 Å². The van der Waals surface area contributed by atoms with Gasteiger partial charge in [0, 0.05) is 81.8 Å². The highest BCUT2D eigenvalue weighted by Crippen LogP contribution is 2.25. The van der Waals surface area contributed by atoms with Crippen molar-refractivity contribution in [2.24, 2.45) is 10.7 Å². The molecule has 0 bridgehead atoms. The lowest BCUT2D eigenvalue weighted by Crippen LogP contribution is -2.56. The molecule has 0 spiro atoms. The highest BCUT2D eigenvalue weighted by molar-refractivity contribution is 6.09. The highest BCUT2D eigenvalue weighted by Gasteiger charge is 2.29. The van der Waals surface area contributed by atoms with Gasteiger partial charge in [0.25, 0.3) is 0 Å². The molecule has 0 saturated carbocycles. The van der Waals surface area contributed by atoms with E-state index in [0.717, 1.165) is 78.9 Å². The van der Waals surface area contributed by atoms with E-state index in [9.17, 15) is 0 Å². The summed E-state index contributed by atoms with van der Waals surface area (Å²) in [5.41, 5.74) is 12.6. The first-order chi connectivity index (χ1) is 19.2. The van der Waals surface area contributed by atoms with Gasteiger partial charge in [-0.1, -0.05) is 24.3 Å². The topological polar surface area (TPSA) is 109 Å². The third-order valence-electron chi connectivity index (χ3n) is 7.45. The van der Waals surface area contributed by atoms with Gasteiger partial charge in [0.05, 0.1) is 36.8 Å². The van der Waals surface area contributed by atoms with Gasteiger partial charge in [-0.15, -0.1) is 0 Å². The van der Waals surface area contributed by atoms with Crippen molar-refractivity contribution < 1.29 is 4.74 Å². The Hall–Kier alpha value is -4.28. The van der Waals surface area contributed by atoms with Crippen LogP contribution in [0.2, 0.25) is 0 Å². The normalized spacial score (nSPS) is 17.2. The lowest BCUT2D eigenvalue weighted by atomic mass is 10.1. The minimum Gasteiger partial charge on any atom is -0.404 e. The maximum Gasteiger partial charge on any atom is 0.139 e. The molecule has 2 aliphatic rings. The SMILES string of the molecule is CN=C/C(=C\N)c1ccc(CNc2cc(-c3cnc4cc(N5CCN(C6COC6)CC5)ccn34)ncn2)cc1.